The van der Waals surface area contributed by atoms with Gasteiger partial charge < -0.3 is 14.0 Å². The van der Waals surface area contributed by atoms with Crippen molar-refractivity contribution in [1.29, 1.82) is 0 Å². The molecule has 34 heavy (non-hydrogen) atoms. The minimum absolute atomic E-state index is 0.0800. The van der Waals surface area contributed by atoms with E-state index in [0.29, 0.717) is 11.3 Å². The first kappa shape index (κ1) is 25.4. The van der Waals surface area contributed by atoms with Crippen LogP contribution in [-0.2, 0) is 22.3 Å². The monoisotopic (exact) mass is 495 g/mol. The topological polar surface area (TPSA) is 82.8 Å². The molecular formula is C23H24F3N3O4S. The highest BCUT2D eigenvalue weighted by atomic mass is 32.1. The number of ether oxygens (including phenoxy) is 2. The SMILES string of the molecule is CCCCn1c(=NC(=O)c2cc(C(F)(F)F)ccc2OCC(C)OC(C)=O)sc2ccncc21. The van der Waals surface area contributed by atoms with Gasteiger partial charge in [0.05, 0.1) is 27.5 Å². The minimum Gasteiger partial charge on any atom is -0.489 e. The Morgan fingerprint density at radius 3 is 2.71 bits per heavy atom. The molecule has 0 bridgehead atoms. The molecule has 182 valence electrons. The largest absolute Gasteiger partial charge is 0.489 e. The number of esters is 1. The predicted octanol–water partition coefficient (Wildman–Crippen LogP) is 4.99. The van der Waals surface area contributed by atoms with Gasteiger partial charge in [0.1, 0.15) is 18.5 Å². The van der Waals surface area contributed by atoms with E-state index in [9.17, 15) is 22.8 Å². The molecule has 2 heterocycles. The number of nitrogens with zero attached hydrogens (tertiary/aromatic N) is 3. The van der Waals surface area contributed by atoms with Gasteiger partial charge in [-0.05, 0) is 37.6 Å². The Kier molecular flexibility index (Phi) is 8.08. The highest BCUT2D eigenvalue weighted by Gasteiger charge is 2.32. The normalized spacial score (nSPS) is 13.2. The predicted molar refractivity (Wildman–Crippen MR) is 121 cm³/mol. The standard InChI is InChI=1S/C23H24F3N3O4S/c1-4-5-10-29-18-12-27-9-8-20(18)34-22(29)28-21(31)17-11-16(23(24,25)26)6-7-19(17)32-13-14(2)33-15(3)30/h6-9,11-12,14H,4-5,10,13H2,1-3H3. The van der Waals surface area contributed by atoms with E-state index in [1.165, 1.54) is 18.3 Å². The quantitative estimate of drug-likeness (QED) is 0.411. The van der Waals surface area contributed by atoms with Crippen LogP contribution in [0.15, 0.2) is 41.7 Å². The molecule has 0 aliphatic carbocycles. The summed E-state index contributed by atoms with van der Waals surface area (Å²) in [6.07, 6.45) is -0.287. The second kappa shape index (κ2) is 10.8. The zero-order valence-electron chi connectivity index (χ0n) is 18.9. The molecule has 0 aliphatic rings. The molecule has 1 amide bonds. The number of aryl methyl sites for hydroxylation is 1. The van der Waals surface area contributed by atoms with Gasteiger partial charge in [-0.3, -0.25) is 14.6 Å². The van der Waals surface area contributed by atoms with Crippen molar-refractivity contribution in [2.45, 2.75) is 52.4 Å². The number of hydrogen-bond donors (Lipinski definition) is 0. The Hall–Kier alpha value is -3.21. The van der Waals surface area contributed by atoms with Crippen LogP contribution in [-0.4, -0.2) is 34.1 Å². The van der Waals surface area contributed by atoms with Crippen LogP contribution in [0.3, 0.4) is 0 Å². The van der Waals surface area contributed by atoms with Crippen molar-refractivity contribution in [1.82, 2.24) is 9.55 Å². The first-order chi connectivity index (χ1) is 16.1. The average Bonchev–Trinajstić information content (AvgIpc) is 3.11. The van der Waals surface area contributed by atoms with Gasteiger partial charge in [-0.15, -0.1) is 0 Å². The molecule has 1 unspecified atom stereocenters. The summed E-state index contributed by atoms with van der Waals surface area (Å²) >= 11 is 1.25. The lowest BCUT2D eigenvalue weighted by Crippen LogP contribution is -2.22. The fourth-order valence-corrected chi connectivity index (χ4v) is 4.23. The molecule has 0 radical (unpaired) electrons. The van der Waals surface area contributed by atoms with Crippen LogP contribution < -0.4 is 9.54 Å². The third-order valence-electron chi connectivity index (χ3n) is 4.79. The Balaban J connectivity index is 2.04. The second-order valence-electron chi connectivity index (χ2n) is 7.59. The molecule has 0 N–H and O–H groups in total. The van der Waals surface area contributed by atoms with E-state index < -0.39 is 29.7 Å². The fourth-order valence-electron chi connectivity index (χ4n) is 3.21. The number of fused-ring (bicyclic) bond motifs is 1. The zero-order chi connectivity index (χ0) is 24.9. The molecular weight excluding hydrogens is 471 g/mol. The zero-order valence-corrected chi connectivity index (χ0v) is 19.7. The van der Waals surface area contributed by atoms with E-state index >= 15 is 0 Å². The van der Waals surface area contributed by atoms with E-state index in [4.69, 9.17) is 9.47 Å². The van der Waals surface area contributed by atoms with Crippen molar-refractivity contribution in [3.05, 3.63) is 52.6 Å². The van der Waals surface area contributed by atoms with Crippen LogP contribution in [0.2, 0.25) is 0 Å². The molecule has 0 fully saturated rings. The molecule has 3 aromatic rings. The number of amides is 1. The van der Waals surface area contributed by atoms with Crippen molar-refractivity contribution in [2.24, 2.45) is 4.99 Å². The molecule has 0 saturated carbocycles. The van der Waals surface area contributed by atoms with Crippen molar-refractivity contribution in [2.75, 3.05) is 6.61 Å². The summed E-state index contributed by atoms with van der Waals surface area (Å²) in [5.74, 6) is -1.47. The number of rotatable bonds is 8. The van der Waals surface area contributed by atoms with E-state index in [1.54, 1.807) is 25.4 Å². The van der Waals surface area contributed by atoms with E-state index in [1.807, 2.05) is 11.5 Å². The van der Waals surface area contributed by atoms with E-state index in [2.05, 4.69) is 9.98 Å². The summed E-state index contributed by atoms with van der Waals surface area (Å²) < 4.78 is 53.2. The van der Waals surface area contributed by atoms with Crippen LogP contribution in [0.1, 0.15) is 49.5 Å². The van der Waals surface area contributed by atoms with E-state index in [0.717, 1.165) is 41.3 Å². The number of hydrogen-bond acceptors (Lipinski definition) is 6. The lowest BCUT2D eigenvalue weighted by atomic mass is 10.1. The molecule has 2 aromatic heterocycles. The van der Waals surface area contributed by atoms with Crippen molar-refractivity contribution < 1.29 is 32.2 Å². The maximum absolute atomic E-state index is 13.3. The molecule has 3 rings (SSSR count). The van der Waals surface area contributed by atoms with Crippen molar-refractivity contribution in [3.63, 3.8) is 0 Å². The summed E-state index contributed by atoms with van der Waals surface area (Å²) in [5.41, 5.74) is -0.531. The van der Waals surface area contributed by atoms with Crippen LogP contribution in [0.4, 0.5) is 13.2 Å². The number of aromatic nitrogens is 2. The Morgan fingerprint density at radius 1 is 1.26 bits per heavy atom. The summed E-state index contributed by atoms with van der Waals surface area (Å²) in [6, 6.07) is 4.42. The van der Waals surface area contributed by atoms with Crippen LogP contribution in [0.5, 0.6) is 5.75 Å². The number of carbonyl (C=O) groups is 2. The molecule has 1 atom stereocenters. The maximum Gasteiger partial charge on any atom is 0.416 e. The number of thiazole rings is 1. The number of alkyl halides is 3. The van der Waals surface area contributed by atoms with Gasteiger partial charge in [0.2, 0.25) is 0 Å². The number of carbonyl (C=O) groups excluding carboxylic acids is 2. The van der Waals surface area contributed by atoms with Gasteiger partial charge >= 0.3 is 12.1 Å². The van der Waals surface area contributed by atoms with Gasteiger partial charge in [-0.2, -0.15) is 18.2 Å². The summed E-state index contributed by atoms with van der Waals surface area (Å²) in [7, 11) is 0. The first-order valence-electron chi connectivity index (χ1n) is 10.6. The number of pyridine rings is 1. The van der Waals surface area contributed by atoms with Gasteiger partial charge in [0, 0.05) is 19.7 Å². The molecule has 1 aromatic carbocycles. The first-order valence-corrected chi connectivity index (χ1v) is 11.5. The summed E-state index contributed by atoms with van der Waals surface area (Å²) in [5, 5.41) is 0. The van der Waals surface area contributed by atoms with Gasteiger partial charge in [-0.25, -0.2) is 0 Å². The molecule has 7 nitrogen and oxygen atoms in total. The van der Waals surface area contributed by atoms with Gasteiger partial charge in [0.15, 0.2) is 4.80 Å². The second-order valence-corrected chi connectivity index (χ2v) is 8.60. The van der Waals surface area contributed by atoms with E-state index in [-0.39, 0.29) is 17.9 Å². The third kappa shape index (κ3) is 6.22. The molecule has 11 heteroatoms. The third-order valence-corrected chi connectivity index (χ3v) is 5.85. The Morgan fingerprint density at radius 2 is 2.03 bits per heavy atom. The number of halogens is 3. The maximum atomic E-state index is 13.3. The smallest absolute Gasteiger partial charge is 0.416 e. The van der Waals surface area contributed by atoms with Crippen LogP contribution in [0.25, 0.3) is 10.2 Å². The fraction of sp³-hybridized carbons (Fsp3) is 0.391. The molecule has 0 spiro atoms. The van der Waals surface area contributed by atoms with Crippen molar-refractivity contribution in [3.8, 4) is 5.75 Å². The molecule has 0 saturated heterocycles. The minimum atomic E-state index is -4.65. The number of benzene rings is 1. The Labute approximate surface area is 197 Å². The average molecular weight is 496 g/mol. The van der Waals surface area contributed by atoms with Crippen LogP contribution in [0, 0.1) is 0 Å². The van der Waals surface area contributed by atoms with Crippen molar-refractivity contribution >= 4 is 33.4 Å². The number of unbranched alkanes of at least 4 members (excludes halogenated alkanes) is 1. The van der Waals surface area contributed by atoms with Gasteiger partial charge in [-0.1, -0.05) is 24.7 Å². The lowest BCUT2D eigenvalue weighted by Gasteiger charge is -2.16. The molecule has 0 aliphatic heterocycles. The summed E-state index contributed by atoms with van der Waals surface area (Å²) in [6.45, 7) is 5.27. The van der Waals surface area contributed by atoms with Gasteiger partial charge in [0.25, 0.3) is 5.91 Å². The lowest BCUT2D eigenvalue weighted by molar-refractivity contribution is -0.146. The van der Waals surface area contributed by atoms with Crippen LogP contribution >= 0.6 is 11.3 Å². The summed E-state index contributed by atoms with van der Waals surface area (Å²) in [4.78, 5) is 32.9. The Bertz CT molecular complexity index is 1250. The highest BCUT2D eigenvalue weighted by molar-refractivity contribution is 7.16. The highest BCUT2D eigenvalue weighted by Crippen LogP contribution is 2.33.